The number of benzene rings is 2. The molecule has 0 saturated carbocycles. The number of nitrogens with zero attached hydrogens (tertiary/aromatic N) is 1. The summed E-state index contributed by atoms with van der Waals surface area (Å²) in [6, 6.07) is 9.01. The first-order valence-electron chi connectivity index (χ1n) is 9.37. The summed E-state index contributed by atoms with van der Waals surface area (Å²) in [6.07, 6.45) is 0. The van der Waals surface area contributed by atoms with Crippen LogP contribution in [0.3, 0.4) is 0 Å². The molecule has 3 rings (SSSR count). The van der Waals surface area contributed by atoms with Gasteiger partial charge in [-0.25, -0.2) is 12.8 Å². The molecule has 2 N–H and O–H groups in total. The molecular weight excluding hydrogens is 413 g/mol. The lowest BCUT2D eigenvalue weighted by Crippen LogP contribution is -2.40. The van der Waals surface area contributed by atoms with Crippen LogP contribution in [-0.4, -0.2) is 58.6 Å². The molecule has 162 valence electrons. The van der Waals surface area contributed by atoms with Crippen LogP contribution in [0.25, 0.3) is 0 Å². The van der Waals surface area contributed by atoms with E-state index in [1.165, 1.54) is 29.6 Å². The molecule has 0 bridgehead atoms. The largest absolute Gasteiger partial charge is 0.495 e. The molecule has 0 aromatic heterocycles. The van der Waals surface area contributed by atoms with Gasteiger partial charge in [-0.15, -0.1) is 0 Å². The number of sulfonamides is 1. The van der Waals surface area contributed by atoms with Crippen molar-refractivity contribution in [2.75, 3.05) is 50.6 Å². The Morgan fingerprint density at radius 2 is 1.87 bits per heavy atom. The molecule has 1 amide bonds. The van der Waals surface area contributed by atoms with Crippen LogP contribution in [0, 0.1) is 12.7 Å². The number of aryl methyl sites for hydroxylation is 1. The maximum Gasteiger partial charge on any atom is 0.246 e. The van der Waals surface area contributed by atoms with Crippen LogP contribution in [-0.2, 0) is 19.6 Å². The fourth-order valence-corrected chi connectivity index (χ4v) is 4.56. The molecule has 8 nitrogen and oxygen atoms in total. The number of amides is 1. The summed E-state index contributed by atoms with van der Waals surface area (Å²) < 4.78 is 51.4. The van der Waals surface area contributed by atoms with E-state index in [4.69, 9.17) is 9.47 Å². The average Bonchev–Trinajstić information content (AvgIpc) is 2.75. The Kier molecular flexibility index (Phi) is 6.91. The van der Waals surface area contributed by atoms with Crippen molar-refractivity contribution in [2.24, 2.45) is 0 Å². The van der Waals surface area contributed by atoms with E-state index in [2.05, 4.69) is 10.6 Å². The first-order valence-corrected chi connectivity index (χ1v) is 10.8. The number of hydrogen-bond acceptors (Lipinski definition) is 6. The number of halogens is 1. The summed E-state index contributed by atoms with van der Waals surface area (Å²) in [4.78, 5) is 12.3. The van der Waals surface area contributed by atoms with Crippen molar-refractivity contribution in [1.29, 1.82) is 0 Å². The molecule has 1 aliphatic rings. The van der Waals surface area contributed by atoms with Gasteiger partial charge in [0.1, 0.15) is 16.5 Å². The lowest BCUT2D eigenvalue weighted by atomic mass is 10.2. The zero-order valence-electron chi connectivity index (χ0n) is 16.8. The minimum absolute atomic E-state index is 0.0294. The molecule has 0 aliphatic carbocycles. The van der Waals surface area contributed by atoms with Crippen molar-refractivity contribution in [2.45, 2.75) is 11.8 Å². The third kappa shape index (κ3) is 5.07. The predicted octanol–water partition coefficient (Wildman–Crippen LogP) is 2.21. The third-order valence-corrected chi connectivity index (χ3v) is 6.58. The smallest absolute Gasteiger partial charge is 0.246 e. The molecular formula is C20H24FN3O5S. The molecule has 1 heterocycles. The number of methoxy groups -OCH3 is 1. The standard InChI is InChI=1S/C20H24FN3O5S/c1-14-3-4-15(11-17(14)21)22-13-20(25)23-16-5-6-18(28-2)19(12-16)30(26,27)24-7-9-29-10-8-24/h3-6,11-12,22H,7-10,13H2,1-2H3,(H,23,25). The molecule has 1 aliphatic heterocycles. The van der Waals surface area contributed by atoms with E-state index < -0.39 is 15.9 Å². The Balaban J connectivity index is 1.72. The summed E-state index contributed by atoms with van der Waals surface area (Å²) in [7, 11) is -2.42. The number of carbonyl (C=O) groups is 1. The van der Waals surface area contributed by atoms with Crippen LogP contribution in [0.2, 0.25) is 0 Å². The van der Waals surface area contributed by atoms with Crippen molar-refractivity contribution in [3.05, 3.63) is 47.8 Å². The Morgan fingerprint density at radius 1 is 1.17 bits per heavy atom. The highest BCUT2D eigenvalue weighted by atomic mass is 32.2. The van der Waals surface area contributed by atoms with E-state index in [1.807, 2.05) is 0 Å². The van der Waals surface area contributed by atoms with Crippen LogP contribution in [0.15, 0.2) is 41.3 Å². The molecule has 0 unspecified atom stereocenters. The number of anilines is 2. The van der Waals surface area contributed by atoms with E-state index in [0.717, 1.165) is 0 Å². The SMILES string of the molecule is COc1ccc(NC(=O)CNc2ccc(C)c(F)c2)cc1S(=O)(=O)N1CCOCC1. The van der Waals surface area contributed by atoms with Gasteiger partial charge in [0.05, 0.1) is 26.9 Å². The molecule has 2 aromatic carbocycles. The van der Waals surface area contributed by atoms with E-state index in [1.54, 1.807) is 25.1 Å². The van der Waals surface area contributed by atoms with E-state index in [0.29, 0.717) is 30.2 Å². The van der Waals surface area contributed by atoms with Crippen LogP contribution in [0.5, 0.6) is 5.75 Å². The van der Waals surface area contributed by atoms with Crippen molar-refractivity contribution in [3.63, 3.8) is 0 Å². The van der Waals surface area contributed by atoms with Crippen molar-refractivity contribution >= 4 is 27.3 Å². The van der Waals surface area contributed by atoms with Crippen molar-refractivity contribution < 1.29 is 27.1 Å². The molecule has 2 aromatic rings. The molecule has 0 atom stereocenters. The Hall–Kier alpha value is -2.69. The molecule has 0 radical (unpaired) electrons. The van der Waals surface area contributed by atoms with E-state index in [-0.39, 0.29) is 36.1 Å². The zero-order valence-corrected chi connectivity index (χ0v) is 17.6. The minimum atomic E-state index is -3.81. The van der Waals surface area contributed by atoms with Gasteiger partial charge in [-0.1, -0.05) is 6.07 Å². The van der Waals surface area contributed by atoms with E-state index in [9.17, 15) is 17.6 Å². The lowest BCUT2D eigenvalue weighted by molar-refractivity contribution is -0.114. The third-order valence-electron chi connectivity index (χ3n) is 4.66. The van der Waals surface area contributed by atoms with Crippen LogP contribution in [0.4, 0.5) is 15.8 Å². The summed E-state index contributed by atoms with van der Waals surface area (Å²) in [5.74, 6) is -0.586. The first-order chi connectivity index (χ1) is 14.3. The van der Waals surface area contributed by atoms with E-state index >= 15 is 0 Å². The molecule has 10 heteroatoms. The maximum atomic E-state index is 13.6. The summed E-state index contributed by atoms with van der Waals surface area (Å²) in [5, 5.41) is 5.48. The fourth-order valence-electron chi connectivity index (χ4n) is 2.97. The number of nitrogens with one attached hydrogen (secondary N) is 2. The molecule has 1 fully saturated rings. The molecule has 0 spiro atoms. The highest BCUT2D eigenvalue weighted by Crippen LogP contribution is 2.30. The maximum absolute atomic E-state index is 13.6. The quantitative estimate of drug-likeness (QED) is 0.690. The number of morpholine rings is 1. The lowest BCUT2D eigenvalue weighted by Gasteiger charge is -2.26. The summed E-state index contributed by atoms with van der Waals surface area (Å²) >= 11 is 0. The van der Waals surface area contributed by atoms with Crippen LogP contribution in [0.1, 0.15) is 5.56 Å². The predicted molar refractivity (Wildman–Crippen MR) is 111 cm³/mol. The second-order valence-electron chi connectivity index (χ2n) is 6.75. The second kappa shape index (κ2) is 9.41. The van der Waals surface area contributed by atoms with Gasteiger partial charge in [0.25, 0.3) is 0 Å². The normalized spacial score (nSPS) is 14.9. The average molecular weight is 437 g/mol. The summed E-state index contributed by atoms with van der Waals surface area (Å²) in [6.45, 7) is 2.68. The number of rotatable bonds is 7. The van der Waals surface area contributed by atoms with Gasteiger partial charge in [-0.2, -0.15) is 4.31 Å². The second-order valence-corrected chi connectivity index (χ2v) is 8.65. The van der Waals surface area contributed by atoms with Gasteiger partial charge in [0.2, 0.25) is 15.9 Å². The molecule has 1 saturated heterocycles. The highest BCUT2D eigenvalue weighted by Gasteiger charge is 2.29. The first kappa shape index (κ1) is 22.0. The Labute approximate surface area is 175 Å². The fraction of sp³-hybridized carbons (Fsp3) is 0.350. The van der Waals surface area contributed by atoms with Gasteiger partial charge in [-0.05, 0) is 42.8 Å². The Bertz CT molecular complexity index is 1020. The van der Waals surface area contributed by atoms with Gasteiger partial charge in [0.15, 0.2) is 0 Å². The van der Waals surface area contributed by atoms with Gasteiger partial charge in [0, 0.05) is 24.5 Å². The van der Waals surface area contributed by atoms with Crippen LogP contribution >= 0.6 is 0 Å². The zero-order chi connectivity index (χ0) is 21.7. The monoisotopic (exact) mass is 437 g/mol. The topological polar surface area (TPSA) is 97.0 Å². The van der Waals surface area contributed by atoms with Gasteiger partial charge in [-0.3, -0.25) is 4.79 Å². The van der Waals surface area contributed by atoms with Gasteiger partial charge < -0.3 is 20.1 Å². The molecule has 30 heavy (non-hydrogen) atoms. The van der Waals surface area contributed by atoms with Crippen molar-refractivity contribution in [1.82, 2.24) is 4.31 Å². The number of carbonyl (C=O) groups excluding carboxylic acids is 1. The summed E-state index contributed by atoms with van der Waals surface area (Å²) in [5.41, 5.74) is 1.29. The van der Waals surface area contributed by atoms with Gasteiger partial charge >= 0.3 is 0 Å². The number of ether oxygens (including phenoxy) is 2. The minimum Gasteiger partial charge on any atom is -0.495 e. The number of hydrogen-bond donors (Lipinski definition) is 2. The Morgan fingerprint density at radius 3 is 2.53 bits per heavy atom. The highest BCUT2D eigenvalue weighted by molar-refractivity contribution is 7.89. The van der Waals surface area contributed by atoms with Crippen molar-refractivity contribution in [3.8, 4) is 5.75 Å². The van der Waals surface area contributed by atoms with Crippen LogP contribution < -0.4 is 15.4 Å².